The van der Waals surface area contributed by atoms with E-state index in [0.717, 1.165) is 11.8 Å². The van der Waals surface area contributed by atoms with Crippen LogP contribution in [0.25, 0.3) is 0 Å². The van der Waals surface area contributed by atoms with Gasteiger partial charge in [0.25, 0.3) is 0 Å². The third kappa shape index (κ3) is 3.28. The summed E-state index contributed by atoms with van der Waals surface area (Å²) in [5.74, 6) is -1.12. The molecule has 2 rings (SSSR count). The second kappa shape index (κ2) is 5.48. The molecule has 2 N–H and O–H groups in total. The highest BCUT2D eigenvalue weighted by Gasteiger charge is 2.10. The molecule has 0 unspecified atom stereocenters. The summed E-state index contributed by atoms with van der Waals surface area (Å²) >= 11 is 0. The molecule has 0 aliphatic heterocycles. The normalized spacial score (nSPS) is 10.2. The number of rotatable bonds is 3. The third-order valence-corrected chi connectivity index (χ3v) is 2.53. The Labute approximate surface area is 110 Å². The maximum absolute atomic E-state index is 13.0. The number of aryl methyl sites for hydroxylation is 1. The molecule has 0 radical (unpaired) electrons. The number of aromatic nitrogens is 1. The number of hydrogen-bond donors (Lipinski definition) is 1. The zero-order chi connectivity index (χ0) is 13.8. The Morgan fingerprint density at radius 2 is 2.16 bits per heavy atom. The van der Waals surface area contributed by atoms with Crippen molar-refractivity contribution in [1.29, 1.82) is 0 Å². The molecule has 0 bridgehead atoms. The standard InChI is InChI=1S/C14H13FN2O2/c1-9-3-2-4-11(17-9)8-19-14(18)10-5-6-12(15)13(16)7-10/h2-7H,8,16H2,1H3. The summed E-state index contributed by atoms with van der Waals surface area (Å²) < 4.78 is 18.1. The van der Waals surface area contributed by atoms with Crippen molar-refractivity contribution in [2.75, 3.05) is 5.73 Å². The van der Waals surface area contributed by atoms with E-state index in [1.165, 1.54) is 12.1 Å². The Hall–Kier alpha value is -2.43. The van der Waals surface area contributed by atoms with Gasteiger partial charge in [0.15, 0.2) is 0 Å². The number of nitrogens with zero attached hydrogens (tertiary/aromatic N) is 1. The number of carbonyl (C=O) groups is 1. The number of esters is 1. The van der Waals surface area contributed by atoms with Gasteiger partial charge in [-0.1, -0.05) is 6.07 Å². The first-order valence-corrected chi connectivity index (χ1v) is 5.71. The minimum atomic E-state index is -0.560. The van der Waals surface area contributed by atoms with Crippen LogP contribution < -0.4 is 5.73 Å². The van der Waals surface area contributed by atoms with Gasteiger partial charge in [-0.15, -0.1) is 0 Å². The lowest BCUT2D eigenvalue weighted by Crippen LogP contribution is -2.07. The van der Waals surface area contributed by atoms with Gasteiger partial charge < -0.3 is 10.5 Å². The number of hydrogen-bond acceptors (Lipinski definition) is 4. The molecule has 0 spiro atoms. The van der Waals surface area contributed by atoms with Crippen LogP contribution in [0, 0.1) is 12.7 Å². The van der Waals surface area contributed by atoms with E-state index in [9.17, 15) is 9.18 Å². The van der Waals surface area contributed by atoms with Crippen molar-refractivity contribution in [3.8, 4) is 0 Å². The van der Waals surface area contributed by atoms with Gasteiger partial charge in [-0.05, 0) is 37.3 Å². The lowest BCUT2D eigenvalue weighted by molar-refractivity contribution is 0.0467. The fourth-order valence-corrected chi connectivity index (χ4v) is 1.57. The number of halogens is 1. The van der Waals surface area contributed by atoms with E-state index in [2.05, 4.69) is 4.98 Å². The highest BCUT2D eigenvalue weighted by molar-refractivity contribution is 5.90. The molecular weight excluding hydrogens is 247 g/mol. The number of pyridine rings is 1. The minimum absolute atomic E-state index is 0.0673. The molecule has 5 heteroatoms. The van der Waals surface area contributed by atoms with Gasteiger partial charge in [0.05, 0.1) is 16.9 Å². The molecule has 4 nitrogen and oxygen atoms in total. The highest BCUT2D eigenvalue weighted by atomic mass is 19.1. The SMILES string of the molecule is Cc1cccc(COC(=O)c2ccc(F)c(N)c2)n1. The van der Waals surface area contributed by atoms with Gasteiger partial charge >= 0.3 is 5.97 Å². The molecule has 0 saturated heterocycles. The minimum Gasteiger partial charge on any atom is -0.456 e. The molecule has 1 aromatic heterocycles. The maximum Gasteiger partial charge on any atom is 0.338 e. The fraction of sp³-hybridized carbons (Fsp3) is 0.143. The molecule has 0 aliphatic carbocycles. The van der Waals surface area contributed by atoms with Crippen LogP contribution in [0.3, 0.4) is 0 Å². The van der Waals surface area contributed by atoms with Crippen LogP contribution in [0.1, 0.15) is 21.7 Å². The molecule has 0 aliphatic rings. The van der Waals surface area contributed by atoms with E-state index in [-0.39, 0.29) is 17.9 Å². The van der Waals surface area contributed by atoms with Gasteiger partial charge in [-0.25, -0.2) is 9.18 Å². The van der Waals surface area contributed by atoms with Crippen LogP contribution in [0.2, 0.25) is 0 Å². The average Bonchev–Trinajstić information content (AvgIpc) is 2.39. The van der Waals surface area contributed by atoms with Crippen LogP contribution >= 0.6 is 0 Å². The van der Waals surface area contributed by atoms with Crippen molar-refractivity contribution in [3.05, 3.63) is 59.2 Å². The lowest BCUT2D eigenvalue weighted by Gasteiger charge is -2.06. The summed E-state index contributed by atoms with van der Waals surface area (Å²) in [7, 11) is 0. The van der Waals surface area contributed by atoms with Crippen molar-refractivity contribution in [2.24, 2.45) is 0 Å². The van der Waals surface area contributed by atoms with Crippen molar-refractivity contribution < 1.29 is 13.9 Å². The Morgan fingerprint density at radius 1 is 1.37 bits per heavy atom. The zero-order valence-corrected chi connectivity index (χ0v) is 10.4. The summed E-state index contributed by atoms with van der Waals surface area (Å²) in [6, 6.07) is 9.17. The maximum atomic E-state index is 13.0. The topological polar surface area (TPSA) is 65.2 Å². The van der Waals surface area contributed by atoms with Crippen molar-refractivity contribution in [3.63, 3.8) is 0 Å². The van der Waals surface area contributed by atoms with Crippen molar-refractivity contribution >= 4 is 11.7 Å². The van der Waals surface area contributed by atoms with Crippen LogP contribution in [-0.4, -0.2) is 11.0 Å². The van der Waals surface area contributed by atoms with E-state index in [4.69, 9.17) is 10.5 Å². The summed E-state index contributed by atoms with van der Waals surface area (Å²) in [6.45, 7) is 1.92. The predicted molar refractivity (Wildman–Crippen MR) is 68.9 cm³/mol. The average molecular weight is 260 g/mol. The molecule has 2 aromatic rings. The van der Waals surface area contributed by atoms with E-state index in [1.54, 1.807) is 6.07 Å². The van der Waals surface area contributed by atoms with E-state index < -0.39 is 11.8 Å². The second-order valence-corrected chi connectivity index (χ2v) is 4.08. The molecular formula is C14H13FN2O2. The van der Waals surface area contributed by atoms with Gasteiger partial charge in [-0.2, -0.15) is 0 Å². The molecule has 0 amide bonds. The lowest BCUT2D eigenvalue weighted by atomic mass is 10.2. The molecule has 1 heterocycles. The third-order valence-electron chi connectivity index (χ3n) is 2.53. The predicted octanol–water partition coefficient (Wildman–Crippen LogP) is 2.47. The number of benzene rings is 1. The Bertz CT molecular complexity index is 614. The number of nitrogen functional groups attached to an aromatic ring is 1. The first-order chi connectivity index (χ1) is 9.06. The smallest absolute Gasteiger partial charge is 0.338 e. The molecule has 19 heavy (non-hydrogen) atoms. The van der Waals surface area contributed by atoms with Crippen molar-refractivity contribution in [2.45, 2.75) is 13.5 Å². The quantitative estimate of drug-likeness (QED) is 0.680. The Balaban J connectivity index is 2.03. The first kappa shape index (κ1) is 13.0. The monoisotopic (exact) mass is 260 g/mol. The molecule has 1 aromatic carbocycles. The highest BCUT2D eigenvalue weighted by Crippen LogP contribution is 2.13. The molecule has 0 saturated carbocycles. The van der Waals surface area contributed by atoms with Gasteiger partial charge in [0.1, 0.15) is 12.4 Å². The summed E-state index contributed by atoms with van der Waals surface area (Å²) in [4.78, 5) is 15.9. The number of carbonyl (C=O) groups excluding carboxylic acids is 1. The largest absolute Gasteiger partial charge is 0.456 e. The van der Waals surface area contributed by atoms with Gasteiger partial charge in [0, 0.05) is 5.69 Å². The van der Waals surface area contributed by atoms with Crippen LogP contribution in [0.4, 0.5) is 10.1 Å². The summed E-state index contributed by atoms with van der Waals surface area (Å²) in [5, 5.41) is 0. The van der Waals surface area contributed by atoms with Crippen LogP contribution in [0.15, 0.2) is 36.4 Å². The molecule has 98 valence electrons. The number of anilines is 1. The van der Waals surface area contributed by atoms with Gasteiger partial charge in [-0.3, -0.25) is 4.98 Å². The van der Waals surface area contributed by atoms with Crippen molar-refractivity contribution in [1.82, 2.24) is 4.98 Å². The van der Waals surface area contributed by atoms with E-state index in [1.807, 2.05) is 19.1 Å². The fourth-order valence-electron chi connectivity index (χ4n) is 1.57. The summed E-state index contributed by atoms with van der Waals surface area (Å²) in [5.41, 5.74) is 7.03. The Kier molecular flexibility index (Phi) is 3.75. The van der Waals surface area contributed by atoms with E-state index in [0.29, 0.717) is 5.69 Å². The molecule has 0 atom stereocenters. The number of nitrogens with two attached hydrogens (primary N) is 1. The van der Waals surface area contributed by atoms with E-state index >= 15 is 0 Å². The molecule has 0 fully saturated rings. The van der Waals surface area contributed by atoms with Crippen LogP contribution in [-0.2, 0) is 11.3 Å². The summed E-state index contributed by atoms with van der Waals surface area (Å²) in [6.07, 6.45) is 0. The van der Waals surface area contributed by atoms with Gasteiger partial charge in [0.2, 0.25) is 0 Å². The Morgan fingerprint density at radius 3 is 2.84 bits per heavy atom. The zero-order valence-electron chi connectivity index (χ0n) is 10.4. The number of ether oxygens (including phenoxy) is 1. The second-order valence-electron chi connectivity index (χ2n) is 4.08. The first-order valence-electron chi connectivity index (χ1n) is 5.71. The van der Waals surface area contributed by atoms with Crippen LogP contribution in [0.5, 0.6) is 0 Å².